The number of benzene rings is 1. The van der Waals surface area contributed by atoms with Crippen LogP contribution in [0.5, 0.6) is 11.6 Å². The first-order chi connectivity index (χ1) is 13.7. The maximum atomic E-state index is 13.0. The van der Waals surface area contributed by atoms with E-state index in [-0.39, 0.29) is 11.7 Å². The first-order valence-corrected chi connectivity index (χ1v) is 10.1. The van der Waals surface area contributed by atoms with E-state index in [9.17, 15) is 9.18 Å². The topological polar surface area (TPSA) is 45.7 Å². The first-order valence-electron chi connectivity index (χ1n) is 10.1. The maximum Gasteiger partial charge on any atom is 0.255 e. The van der Waals surface area contributed by atoms with Gasteiger partial charge in [-0.05, 0) is 56.0 Å². The number of nitrogens with zero attached hydrogens (tertiary/aromatic N) is 3. The highest BCUT2D eigenvalue weighted by Gasteiger charge is 2.26. The van der Waals surface area contributed by atoms with Crippen LogP contribution in [0.2, 0.25) is 0 Å². The summed E-state index contributed by atoms with van der Waals surface area (Å²) in [6, 6.07) is 9.96. The molecule has 0 spiro atoms. The first kappa shape index (κ1) is 18.9. The van der Waals surface area contributed by atoms with Crippen molar-refractivity contribution >= 4 is 5.91 Å². The quantitative estimate of drug-likeness (QED) is 0.797. The van der Waals surface area contributed by atoms with Crippen LogP contribution in [0.4, 0.5) is 4.39 Å². The summed E-state index contributed by atoms with van der Waals surface area (Å²) >= 11 is 0. The van der Waals surface area contributed by atoms with Gasteiger partial charge in [-0.3, -0.25) is 4.79 Å². The SMILES string of the molecule is O=C(c1ccc(Oc2ccc(F)cc2)nc1)N1CCCN(C2CCC2)CCC1. The Morgan fingerprint density at radius 1 is 0.964 bits per heavy atom. The molecule has 0 N–H and O–H groups in total. The number of carbonyl (C=O) groups excluding carboxylic acids is 1. The molecule has 1 saturated heterocycles. The fourth-order valence-electron chi connectivity index (χ4n) is 3.85. The van der Waals surface area contributed by atoms with E-state index >= 15 is 0 Å². The smallest absolute Gasteiger partial charge is 0.255 e. The zero-order chi connectivity index (χ0) is 19.3. The molecular formula is C22H26FN3O2. The van der Waals surface area contributed by atoms with E-state index in [0.717, 1.165) is 45.1 Å². The van der Waals surface area contributed by atoms with Gasteiger partial charge in [0.05, 0.1) is 5.56 Å². The zero-order valence-electron chi connectivity index (χ0n) is 16.0. The van der Waals surface area contributed by atoms with Crippen LogP contribution in [0.25, 0.3) is 0 Å². The molecule has 0 bridgehead atoms. The lowest BCUT2D eigenvalue weighted by molar-refractivity contribution is 0.0656. The summed E-state index contributed by atoms with van der Waals surface area (Å²) in [4.78, 5) is 21.6. The summed E-state index contributed by atoms with van der Waals surface area (Å²) in [5.74, 6) is 0.600. The van der Waals surface area contributed by atoms with E-state index in [2.05, 4.69) is 9.88 Å². The number of carbonyl (C=O) groups is 1. The normalized spacial score (nSPS) is 18.8. The van der Waals surface area contributed by atoms with Crippen LogP contribution in [-0.4, -0.2) is 52.9 Å². The van der Waals surface area contributed by atoms with Crippen molar-refractivity contribution in [3.63, 3.8) is 0 Å². The van der Waals surface area contributed by atoms with E-state index in [1.54, 1.807) is 30.5 Å². The van der Waals surface area contributed by atoms with Crippen LogP contribution in [0.15, 0.2) is 42.6 Å². The summed E-state index contributed by atoms with van der Waals surface area (Å²) in [6.07, 6.45) is 7.62. The molecule has 1 aliphatic heterocycles. The number of ether oxygens (including phenoxy) is 1. The number of halogens is 1. The Kier molecular flexibility index (Phi) is 5.86. The van der Waals surface area contributed by atoms with E-state index in [4.69, 9.17) is 4.74 Å². The highest BCUT2D eigenvalue weighted by Crippen LogP contribution is 2.26. The van der Waals surface area contributed by atoms with Gasteiger partial charge in [-0.25, -0.2) is 9.37 Å². The third-order valence-electron chi connectivity index (χ3n) is 5.64. The van der Waals surface area contributed by atoms with Gasteiger partial charge in [0.1, 0.15) is 11.6 Å². The average molecular weight is 383 g/mol. The molecule has 2 fully saturated rings. The Morgan fingerprint density at radius 2 is 1.68 bits per heavy atom. The van der Waals surface area contributed by atoms with Gasteiger partial charge < -0.3 is 14.5 Å². The summed E-state index contributed by atoms with van der Waals surface area (Å²) in [7, 11) is 0. The Morgan fingerprint density at radius 3 is 2.25 bits per heavy atom. The summed E-state index contributed by atoms with van der Waals surface area (Å²) in [5, 5.41) is 0. The van der Waals surface area contributed by atoms with Crippen LogP contribution < -0.4 is 4.74 Å². The van der Waals surface area contributed by atoms with Crippen LogP contribution in [-0.2, 0) is 0 Å². The Bertz CT molecular complexity index is 780. The number of aromatic nitrogens is 1. The number of pyridine rings is 1. The van der Waals surface area contributed by atoms with Crippen molar-refractivity contribution in [1.29, 1.82) is 0 Å². The van der Waals surface area contributed by atoms with E-state index in [1.165, 1.54) is 31.4 Å². The second-order valence-electron chi connectivity index (χ2n) is 7.56. The molecule has 2 heterocycles. The van der Waals surface area contributed by atoms with Gasteiger partial charge in [-0.2, -0.15) is 0 Å². The lowest BCUT2D eigenvalue weighted by atomic mass is 9.91. The minimum absolute atomic E-state index is 0.0259. The maximum absolute atomic E-state index is 13.0. The van der Waals surface area contributed by atoms with Crippen LogP contribution >= 0.6 is 0 Å². The molecule has 0 radical (unpaired) electrons. The second-order valence-corrected chi connectivity index (χ2v) is 7.56. The van der Waals surface area contributed by atoms with Gasteiger partial charge in [-0.15, -0.1) is 0 Å². The molecule has 6 heteroatoms. The van der Waals surface area contributed by atoms with Gasteiger partial charge in [0.2, 0.25) is 5.88 Å². The number of hydrogen-bond acceptors (Lipinski definition) is 4. The van der Waals surface area contributed by atoms with Gasteiger partial charge in [-0.1, -0.05) is 6.42 Å². The Hall–Kier alpha value is -2.47. The predicted molar refractivity (Wildman–Crippen MR) is 105 cm³/mol. The van der Waals surface area contributed by atoms with Crippen molar-refractivity contribution in [3.8, 4) is 11.6 Å². The van der Waals surface area contributed by atoms with Crippen molar-refractivity contribution in [2.75, 3.05) is 26.2 Å². The highest BCUT2D eigenvalue weighted by molar-refractivity contribution is 5.94. The van der Waals surface area contributed by atoms with E-state index in [1.807, 2.05) is 4.90 Å². The largest absolute Gasteiger partial charge is 0.439 e. The summed E-state index contributed by atoms with van der Waals surface area (Å²) in [6.45, 7) is 3.74. The number of hydrogen-bond donors (Lipinski definition) is 0. The molecular weight excluding hydrogens is 357 g/mol. The molecule has 5 nitrogen and oxygen atoms in total. The highest BCUT2D eigenvalue weighted by atomic mass is 19.1. The van der Waals surface area contributed by atoms with Crippen molar-refractivity contribution in [2.45, 2.75) is 38.1 Å². The van der Waals surface area contributed by atoms with E-state index < -0.39 is 0 Å². The van der Waals surface area contributed by atoms with Gasteiger partial charge >= 0.3 is 0 Å². The summed E-state index contributed by atoms with van der Waals surface area (Å²) in [5.41, 5.74) is 0.572. The lowest BCUT2D eigenvalue weighted by Crippen LogP contribution is -2.45. The van der Waals surface area contributed by atoms with E-state index in [0.29, 0.717) is 17.2 Å². The standard InChI is InChI=1S/C22H26FN3O2/c23-18-7-9-20(10-8-18)28-21-11-6-17(16-24-21)22(27)26-14-2-12-25(13-3-15-26)19-4-1-5-19/h6-11,16,19H,1-5,12-15H2. The third kappa shape index (κ3) is 4.50. The third-order valence-corrected chi connectivity index (χ3v) is 5.64. The molecule has 1 aromatic heterocycles. The van der Waals surface area contributed by atoms with Gasteiger partial charge in [0.15, 0.2) is 0 Å². The zero-order valence-corrected chi connectivity index (χ0v) is 16.0. The minimum Gasteiger partial charge on any atom is -0.439 e. The van der Waals surface area contributed by atoms with Crippen molar-refractivity contribution in [2.24, 2.45) is 0 Å². The lowest BCUT2D eigenvalue weighted by Gasteiger charge is -2.39. The molecule has 1 amide bonds. The fourth-order valence-corrected chi connectivity index (χ4v) is 3.85. The van der Waals surface area contributed by atoms with Crippen molar-refractivity contribution < 1.29 is 13.9 Å². The molecule has 1 saturated carbocycles. The van der Waals surface area contributed by atoms with Crippen LogP contribution in [0, 0.1) is 5.82 Å². The van der Waals surface area contributed by atoms with Crippen molar-refractivity contribution in [1.82, 2.24) is 14.8 Å². The fraction of sp³-hybridized carbons (Fsp3) is 0.455. The van der Waals surface area contributed by atoms with Crippen molar-refractivity contribution in [3.05, 3.63) is 54.0 Å². The molecule has 148 valence electrons. The predicted octanol–water partition coefficient (Wildman–Crippen LogP) is 4.10. The van der Waals surface area contributed by atoms with Crippen LogP contribution in [0.1, 0.15) is 42.5 Å². The molecule has 4 rings (SSSR count). The number of amides is 1. The monoisotopic (exact) mass is 383 g/mol. The van der Waals surface area contributed by atoms with Crippen LogP contribution in [0.3, 0.4) is 0 Å². The molecule has 1 aromatic carbocycles. The molecule has 0 atom stereocenters. The molecule has 28 heavy (non-hydrogen) atoms. The van der Waals surface area contributed by atoms with Gasteiger partial charge in [0, 0.05) is 44.5 Å². The molecule has 2 aromatic rings. The molecule has 1 aliphatic carbocycles. The number of rotatable bonds is 4. The summed E-state index contributed by atoms with van der Waals surface area (Å²) < 4.78 is 18.6. The average Bonchev–Trinajstić information content (AvgIpc) is 2.64. The van der Waals surface area contributed by atoms with Gasteiger partial charge in [0.25, 0.3) is 5.91 Å². The Labute approximate surface area is 165 Å². The Balaban J connectivity index is 1.33. The molecule has 2 aliphatic rings. The second kappa shape index (κ2) is 8.69. The minimum atomic E-state index is -0.315. The molecule has 0 unspecified atom stereocenters.